The van der Waals surface area contributed by atoms with Gasteiger partial charge in [0, 0.05) is 0 Å². The summed E-state index contributed by atoms with van der Waals surface area (Å²) in [5.74, 6) is -1.78. The van der Waals surface area contributed by atoms with Gasteiger partial charge in [0.15, 0.2) is 5.84 Å². The second-order valence-corrected chi connectivity index (χ2v) is 1.27. The Morgan fingerprint density at radius 1 is 1.67 bits per heavy atom. The molecule has 0 bridgehead atoms. The van der Waals surface area contributed by atoms with Crippen LogP contribution in [0.25, 0.3) is 0 Å². The first-order valence-electron chi connectivity index (χ1n) is 1.99. The van der Waals surface area contributed by atoms with Crippen molar-refractivity contribution in [2.75, 3.05) is 0 Å². The Morgan fingerprint density at radius 3 is 2.22 bits per heavy atom. The highest BCUT2D eigenvalue weighted by atomic mass is 16.4. The second-order valence-electron chi connectivity index (χ2n) is 1.27. The van der Waals surface area contributed by atoms with E-state index in [0.717, 1.165) is 0 Å². The van der Waals surface area contributed by atoms with E-state index in [0.29, 0.717) is 0 Å². The molecular weight excluding hydrogens is 124 g/mol. The highest BCUT2D eigenvalue weighted by Gasteiger charge is 2.07. The van der Waals surface area contributed by atoms with Crippen LogP contribution in [0.3, 0.4) is 0 Å². The Morgan fingerprint density at radius 2 is 2.11 bits per heavy atom. The number of rotatable bonds is 2. The van der Waals surface area contributed by atoms with E-state index in [1.165, 1.54) is 0 Å². The molecule has 0 radical (unpaired) electrons. The Bertz CT molecular complexity index is 173. The predicted molar refractivity (Wildman–Crippen MR) is 30.2 cm³/mol. The Labute approximate surface area is 51.1 Å². The van der Waals surface area contributed by atoms with Crippen LogP contribution in [0, 0.1) is 0 Å². The lowest BCUT2D eigenvalue weighted by atomic mass is 10.3. The number of hydrogen-bond donors (Lipinski definition) is 3. The summed E-state index contributed by atoms with van der Waals surface area (Å²) in [7, 11) is 0. The Balaban J connectivity index is 4.23. The van der Waals surface area contributed by atoms with Crippen LogP contribution in [0.1, 0.15) is 0 Å². The minimum atomic E-state index is -1.30. The summed E-state index contributed by atoms with van der Waals surface area (Å²) in [5.41, 5.74) is 4.42. The van der Waals surface area contributed by atoms with E-state index in [1.54, 1.807) is 0 Å². The molecule has 4 N–H and O–H groups in total. The van der Waals surface area contributed by atoms with Crippen LogP contribution in [-0.2, 0) is 4.79 Å². The molecule has 0 rings (SSSR count). The molecule has 0 unspecified atom stereocenters. The minimum Gasteiger partial charge on any atom is -0.478 e. The smallest absolute Gasteiger partial charge is 0.338 e. The van der Waals surface area contributed by atoms with Gasteiger partial charge in [-0.25, -0.2) is 4.79 Å². The van der Waals surface area contributed by atoms with Crippen LogP contribution in [0.5, 0.6) is 0 Å². The third-order valence-corrected chi connectivity index (χ3v) is 0.675. The Kier molecular flexibility index (Phi) is 2.25. The third kappa shape index (κ3) is 1.81. The van der Waals surface area contributed by atoms with Gasteiger partial charge in [0.1, 0.15) is 0 Å². The predicted octanol–water partition coefficient (Wildman–Crippen LogP) is -0.626. The fraction of sp³-hybridized carbons (Fsp3) is 0. The van der Waals surface area contributed by atoms with Crippen molar-refractivity contribution >= 4 is 11.8 Å². The summed E-state index contributed by atoms with van der Waals surface area (Å²) < 4.78 is 0. The molecule has 0 spiro atoms. The van der Waals surface area contributed by atoms with Gasteiger partial charge >= 0.3 is 5.97 Å². The average molecular weight is 130 g/mol. The maximum Gasteiger partial charge on any atom is 0.338 e. The zero-order valence-electron chi connectivity index (χ0n) is 4.53. The monoisotopic (exact) mass is 130 g/mol. The number of carbonyl (C=O) groups is 1. The van der Waals surface area contributed by atoms with Crippen molar-refractivity contribution in [3.63, 3.8) is 0 Å². The first kappa shape index (κ1) is 7.48. The standard InChI is InChI=1S/C4H6N2O3/c1-2(4(7)8)3(5)6-9/h9H,1H2,(H2,5,6)(H,7,8). The molecule has 0 aromatic carbocycles. The molecule has 0 saturated carbocycles. The molecule has 0 aliphatic rings. The number of oxime groups is 1. The molecule has 0 aliphatic heterocycles. The summed E-state index contributed by atoms with van der Waals surface area (Å²) in [6, 6.07) is 0. The summed E-state index contributed by atoms with van der Waals surface area (Å²) in [6.07, 6.45) is 0. The summed E-state index contributed by atoms with van der Waals surface area (Å²) >= 11 is 0. The van der Waals surface area contributed by atoms with Crippen LogP contribution < -0.4 is 5.73 Å². The van der Waals surface area contributed by atoms with Gasteiger partial charge in [-0.15, -0.1) is 0 Å². The number of carboxylic acids is 1. The van der Waals surface area contributed by atoms with Gasteiger partial charge in [0.05, 0.1) is 5.57 Å². The topological polar surface area (TPSA) is 95.9 Å². The largest absolute Gasteiger partial charge is 0.478 e. The fourth-order valence-electron chi connectivity index (χ4n) is 0.170. The maximum absolute atomic E-state index is 9.93. The molecule has 0 saturated heterocycles. The Hall–Kier alpha value is -1.52. The van der Waals surface area contributed by atoms with Crippen molar-refractivity contribution < 1.29 is 15.1 Å². The molecule has 0 fully saturated rings. The van der Waals surface area contributed by atoms with Crippen LogP contribution in [0.15, 0.2) is 17.3 Å². The maximum atomic E-state index is 9.93. The highest BCUT2D eigenvalue weighted by Crippen LogP contribution is 1.87. The van der Waals surface area contributed by atoms with Gasteiger partial charge < -0.3 is 16.0 Å². The van der Waals surface area contributed by atoms with Crippen LogP contribution >= 0.6 is 0 Å². The minimum absolute atomic E-state index is 0.419. The lowest BCUT2D eigenvalue weighted by molar-refractivity contribution is -0.132. The van der Waals surface area contributed by atoms with Gasteiger partial charge in [0.2, 0.25) is 0 Å². The van der Waals surface area contributed by atoms with E-state index >= 15 is 0 Å². The second kappa shape index (κ2) is 2.71. The van der Waals surface area contributed by atoms with E-state index in [1.807, 2.05) is 0 Å². The van der Waals surface area contributed by atoms with E-state index in [9.17, 15) is 4.79 Å². The molecule has 0 aromatic heterocycles. The first-order chi connectivity index (χ1) is 4.09. The van der Waals surface area contributed by atoms with Crippen molar-refractivity contribution in [2.24, 2.45) is 10.9 Å². The van der Waals surface area contributed by atoms with Gasteiger partial charge in [-0.2, -0.15) is 0 Å². The zero-order chi connectivity index (χ0) is 7.44. The molecule has 50 valence electrons. The first-order valence-corrected chi connectivity index (χ1v) is 1.99. The van der Waals surface area contributed by atoms with E-state index < -0.39 is 17.4 Å². The number of nitrogens with two attached hydrogens (primary N) is 1. The molecule has 0 amide bonds. The lowest BCUT2D eigenvalue weighted by Crippen LogP contribution is -2.19. The van der Waals surface area contributed by atoms with Crippen LogP contribution in [0.4, 0.5) is 0 Å². The summed E-state index contributed by atoms with van der Waals surface area (Å²) in [6.45, 7) is 3.01. The van der Waals surface area contributed by atoms with Gasteiger partial charge in [-0.1, -0.05) is 11.7 Å². The van der Waals surface area contributed by atoms with Gasteiger partial charge in [0.25, 0.3) is 0 Å². The van der Waals surface area contributed by atoms with Crippen molar-refractivity contribution in [3.05, 3.63) is 12.2 Å². The number of hydrogen-bond acceptors (Lipinski definition) is 3. The van der Waals surface area contributed by atoms with Crippen molar-refractivity contribution in [2.45, 2.75) is 0 Å². The number of amidine groups is 1. The average Bonchev–Trinajstić information content (AvgIpc) is 1.84. The molecule has 0 aromatic rings. The number of carboxylic acid groups (broad SMARTS) is 1. The molecule has 0 heterocycles. The molecule has 0 atom stereocenters. The molecular formula is C4H6N2O3. The molecule has 9 heavy (non-hydrogen) atoms. The normalized spacial score (nSPS) is 10.9. The van der Waals surface area contributed by atoms with Gasteiger partial charge in [-0.05, 0) is 0 Å². The van der Waals surface area contributed by atoms with Crippen molar-refractivity contribution in [3.8, 4) is 0 Å². The molecule has 5 nitrogen and oxygen atoms in total. The van der Waals surface area contributed by atoms with Crippen LogP contribution in [0.2, 0.25) is 0 Å². The fourth-order valence-corrected chi connectivity index (χ4v) is 0.170. The number of aliphatic carboxylic acids is 1. The van der Waals surface area contributed by atoms with E-state index in [2.05, 4.69) is 11.7 Å². The highest BCUT2D eigenvalue weighted by molar-refractivity contribution is 6.16. The third-order valence-electron chi connectivity index (χ3n) is 0.675. The zero-order valence-corrected chi connectivity index (χ0v) is 4.53. The van der Waals surface area contributed by atoms with Gasteiger partial charge in [-0.3, -0.25) is 0 Å². The van der Waals surface area contributed by atoms with Crippen molar-refractivity contribution in [1.82, 2.24) is 0 Å². The lowest BCUT2D eigenvalue weighted by Gasteiger charge is -1.92. The SMILES string of the molecule is C=C(C(=O)O)/C(N)=N/O. The molecule has 0 aliphatic carbocycles. The quantitative estimate of drug-likeness (QED) is 0.152. The summed E-state index contributed by atoms with van der Waals surface area (Å²) in [5, 5.41) is 18.4. The molecule has 5 heteroatoms. The van der Waals surface area contributed by atoms with E-state index in [-0.39, 0.29) is 0 Å². The van der Waals surface area contributed by atoms with Crippen molar-refractivity contribution in [1.29, 1.82) is 0 Å². The van der Waals surface area contributed by atoms with E-state index in [4.69, 9.17) is 16.0 Å². The van der Waals surface area contributed by atoms with Crippen LogP contribution in [-0.4, -0.2) is 22.1 Å². The summed E-state index contributed by atoms with van der Waals surface area (Å²) in [4.78, 5) is 9.93. The number of nitrogens with zero attached hydrogens (tertiary/aromatic N) is 1.